The van der Waals surface area contributed by atoms with Gasteiger partial charge in [0.1, 0.15) is 17.3 Å². The number of amides is 2. The van der Waals surface area contributed by atoms with E-state index < -0.39 is 0 Å². The number of thiazole rings is 1. The summed E-state index contributed by atoms with van der Waals surface area (Å²) in [6, 6.07) is 10.7. The van der Waals surface area contributed by atoms with Gasteiger partial charge >= 0.3 is 0 Å². The lowest BCUT2D eigenvalue weighted by atomic mass is 10.2. The van der Waals surface area contributed by atoms with Crippen LogP contribution in [0.25, 0.3) is 22.4 Å². The minimum Gasteiger partial charge on any atom is -0.458 e. The van der Waals surface area contributed by atoms with E-state index in [1.807, 2.05) is 6.07 Å². The number of nitrogens with one attached hydrogen (secondary N) is 3. The highest BCUT2D eigenvalue weighted by Gasteiger charge is 2.12. The smallest absolute Gasteiger partial charge is 0.258 e. The number of carbonyl (C=O) groups is 2. The summed E-state index contributed by atoms with van der Waals surface area (Å²) in [7, 11) is 0. The molecule has 9 nitrogen and oxygen atoms in total. The minimum absolute atomic E-state index is 0.135. The Kier molecular flexibility index (Phi) is 6.41. The molecular formula is C22H21N5O4S. The van der Waals surface area contributed by atoms with Gasteiger partial charge in [-0.05, 0) is 30.7 Å². The third-order valence-corrected chi connectivity index (χ3v) is 5.41. The van der Waals surface area contributed by atoms with Crippen LogP contribution in [0.5, 0.6) is 0 Å². The van der Waals surface area contributed by atoms with Crippen molar-refractivity contribution in [3.8, 4) is 11.5 Å². The maximum Gasteiger partial charge on any atom is 0.258 e. The van der Waals surface area contributed by atoms with Gasteiger partial charge in [-0.25, -0.2) is 9.97 Å². The van der Waals surface area contributed by atoms with Crippen molar-refractivity contribution in [2.75, 3.05) is 5.32 Å². The highest BCUT2D eigenvalue weighted by molar-refractivity contribution is 7.14. The first kappa shape index (κ1) is 21.4. The third-order valence-electron chi connectivity index (χ3n) is 4.66. The Morgan fingerprint density at radius 3 is 2.84 bits per heavy atom. The number of para-hydroxylation sites is 1. The summed E-state index contributed by atoms with van der Waals surface area (Å²) in [4.78, 5) is 47.0. The Balaban J connectivity index is 1.29. The lowest BCUT2D eigenvalue weighted by molar-refractivity contribution is -0.119. The lowest BCUT2D eigenvalue weighted by Gasteiger charge is -2.03. The van der Waals surface area contributed by atoms with Gasteiger partial charge in [-0.3, -0.25) is 14.4 Å². The van der Waals surface area contributed by atoms with Crippen LogP contribution >= 0.6 is 11.3 Å². The quantitative estimate of drug-likeness (QED) is 0.377. The van der Waals surface area contributed by atoms with E-state index in [1.54, 1.807) is 35.7 Å². The van der Waals surface area contributed by atoms with Gasteiger partial charge in [-0.1, -0.05) is 12.1 Å². The number of rotatable bonds is 8. The molecule has 0 unspecified atom stereocenters. The number of anilines is 1. The molecule has 0 saturated carbocycles. The summed E-state index contributed by atoms with van der Waals surface area (Å²) >= 11 is 1.30. The Morgan fingerprint density at radius 2 is 2.00 bits per heavy atom. The Morgan fingerprint density at radius 1 is 1.16 bits per heavy atom. The third kappa shape index (κ3) is 5.27. The number of H-pyrrole nitrogens is 1. The van der Waals surface area contributed by atoms with Crippen LogP contribution in [0.2, 0.25) is 0 Å². The van der Waals surface area contributed by atoms with Gasteiger partial charge in [0.2, 0.25) is 11.8 Å². The summed E-state index contributed by atoms with van der Waals surface area (Å²) in [6.07, 6.45) is 1.29. The van der Waals surface area contributed by atoms with Crippen molar-refractivity contribution in [2.24, 2.45) is 0 Å². The summed E-state index contributed by atoms with van der Waals surface area (Å²) in [6.45, 7) is 1.75. The molecule has 32 heavy (non-hydrogen) atoms. The molecule has 4 rings (SSSR count). The van der Waals surface area contributed by atoms with Gasteiger partial charge in [0.05, 0.1) is 17.4 Å². The molecule has 2 amide bonds. The van der Waals surface area contributed by atoms with Crippen molar-refractivity contribution in [1.29, 1.82) is 0 Å². The van der Waals surface area contributed by atoms with E-state index in [4.69, 9.17) is 4.42 Å². The van der Waals surface area contributed by atoms with E-state index in [0.717, 1.165) is 0 Å². The summed E-state index contributed by atoms with van der Waals surface area (Å²) in [5.41, 5.74) is 1.07. The Labute approximate surface area is 186 Å². The molecule has 0 saturated heterocycles. The zero-order valence-electron chi connectivity index (χ0n) is 17.3. The monoisotopic (exact) mass is 451 g/mol. The van der Waals surface area contributed by atoms with E-state index in [-0.39, 0.29) is 23.8 Å². The van der Waals surface area contributed by atoms with Crippen molar-refractivity contribution < 1.29 is 14.0 Å². The van der Waals surface area contributed by atoms with Gasteiger partial charge in [0.25, 0.3) is 5.56 Å². The lowest BCUT2D eigenvalue weighted by Crippen LogP contribution is -2.18. The standard InChI is InChI=1S/C22H21N5O4S/c1-13(28)23-11-14-9-10-18(31-14)17-12-32-22(25-17)27-20(29)8-4-7-19-24-16-6-3-2-5-15(16)21(30)26-19/h2-3,5-6,9-10,12H,4,7-8,11H2,1H3,(H,23,28)(H,24,26,30)(H,25,27,29). The molecule has 3 aromatic heterocycles. The van der Waals surface area contributed by atoms with Crippen LogP contribution in [0.15, 0.2) is 51.0 Å². The highest BCUT2D eigenvalue weighted by Crippen LogP contribution is 2.26. The topological polar surface area (TPSA) is 130 Å². The number of benzene rings is 1. The second-order valence-corrected chi connectivity index (χ2v) is 8.00. The second kappa shape index (κ2) is 9.56. The van der Waals surface area contributed by atoms with Crippen molar-refractivity contribution >= 4 is 39.2 Å². The molecule has 0 aliphatic carbocycles. The molecule has 0 radical (unpaired) electrons. The van der Waals surface area contributed by atoms with Crippen molar-refractivity contribution in [3.05, 3.63) is 63.7 Å². The van der Waals surface area contributed by atoms with Crippen LogP contribution in [-0.2, 0) is 22.6 Å². The molecule has 164 valence electrons. The number of hydrogen-bond donors (Lipinski definition) is 3. The predicted octanol–water partition coefficient (Wildman–Crippen LogP) is 3.24. The predicted molar refractivity (Wildman–Crippen MR) is 121 cm³/mol. The number of furan rings is 1. The molecule has 10 heteroatoms. The molecule has 0 fully saturated rings. The summed E-state index contributed by atoms with van der Waals surface area (Å²) in [5, 5.41) is 8.27. The number of carbonyl (C=O) groups excluding carboxylic acids is 2. The summed E-state index contributed by atoms with van der Waals surface area (Å²) in [5.74, 6) is 1.44. The van der Waals surface area contributed by atoms with Crippen LogP contribution in [-0.4, -0.2) is 26.8 Å². The van der Waals surface area contributed by atoms with Crippen LogP contribution in [0.4, 0.5) is 5.13 Å². The van der Waals surface area contributed by atoms with Crippen molar-refractivity contribution in [3.63, 3.8) is 0 Å². The maximum atomic E-state index is 12.3. The molecule has 0 spiro atoms. The molecular weight excluding hydrogens is 430 g/mol. The zero-order valence-corrected chi connectivity index (χ0v) is 18.1. The number of fused-ring (bicyclic) bond motifs is 1. The van der Waals surface area contributed by atoms with Gasteiger partial charge in [0.15, 0.2) is 10.9 Å². The fourth-order valence-electron chi connectivity index (χ4n) is 3.12. The maximum absolute atomic E-state index is 12.3. The highest BCUT2D eigenvalue weighted by atomic mass is 32.1. The average molecular weight is 452 g/mol. The molecule has 3 heterocycles. The fraction of sp³-hybridized carbons (Fsp3) is 0.227. The van der Waals surface area contributed by atoms with Gasteiger partial charge < -0.3 is 20.0 Å². The molecule has 4 aromatic rings. The van der Waals surface area contributed by atoms with Crippen LogP contribution in [0, 0.1) is 0 Å². The van der Waals surface area contributed by atoms with E-state index in [1.165, 1.54) is 18.3 Å². The second-order valence-electron chi connectivity index (χ2n) is 7.15. The SMILES string of the molecule is CC(=O)NCc1ccc(-c2csc(NC(=O)CCCc3nc4ccccc4c(=O)[nH]3)n2)o1. The first-order valence-electron chi connectivity index (χ1n) is 10.0. The number of aryl methyl sites for hydroxylation is 1. The zero-order chi connectivity index (χ0) is 22.5. The molecule has 3 N–H and O–H groups in total. The first-order chi connectivity index (χ1) is 15.5. The van der Waals surface area contributed by atoms with Crippen molar-refractivity contribution in [2.45, 2.75) is 32.7 Å². The normalized spacial score (nSPS) is 10.9. The molecule has 0 bridgehead atoms. The van der Waals surface area contributed by atoms with Crippen molar-refractivity contribution in [1.82, 2.24) is 20.3 Å². The number of hydrogen-bond acceptors (Lipinski definition) is 7. The molecule has 0 atom stereocenters. The molecule has 0 aliphatic heterocycles. The Bertz CT molecular complexity index is 1320. The van der Waals surface area contributed by atoms with Gasteiger partial charge in [0, 0.05) is 25.1 Å². The Hall–Kier alpha value is -3.79. The molecule has 1 aromatic carbocycles. The number of aromatic amines is 1. The van der Waals surface area contributed by atoms with Crippen LogP contribution in [0.1, 0.15) is 31.4 Å². The average Bonchev–Trinajstić information content (AvgIpc) is 3.42. The van der Waals surface area contributed by atoms with E-state index >= 15 is 0 Å². The first-order valence-corrected chi connectivity index (χ1v) is 10.9. The van der Waals surface area contributed by atoms with Crippen LogP contribution < -0.4 is 16.2 Å². The number of aromatic nitrogens is 3. The number of nitrogens with zero attached hydrogens (tertiary/aromatic N) is 2. The fourth-order valence-corrected chi connectivity index (χ4v) is 3.83. The molecule has 0 aliphatic rings. The van der Waals surface area contributed by atoms with E-state index in [0.29, 0.717) is 58.5 Å². The minimum atomic E-state index is -0.177. The van der Waals surface area contributed by atoms with E-state index in [2.05, 4.69) is 25.6 Å². The summed E-state index contributed by atoms with van der Waals surface area (Å²) < 4.78 is 5.67. The van der Waals surface area contributed by atoms with Gasteiger partial charge in [-0.2, -0.15) is 0 Å². The van der Waals surface area contributed by atoms with E-state index in [9.17, 15) is 14.4 Å². The van der Waals surface area contributed by atoms with Gasteiger partial charge in [-0.15, -0.1) is 11.3 Å². The van der Waals surface area contributed by atoms with Crippen LogP contribution in [0.3, 0.4) is 0 Å². The largest absolute Gasteiger partial charge is 0.458 e.